The van der Waals surface area contributed by atoms with Gasteiger partial charge in [0, 0.05) is 22.7 Å². The van der Waals surface area contributed by atoms with E-state index in [4.69, 9.17) is 14.2 Å². The van der Waals surface area contributed by atoms with Crippen LogP contribution in [0.25, 0.3) is 0 Å². The zero-order chi connectivity index (χ0) is 24.8. The number of methoxy groups -OCH3 is 2. The van der Waals surface area contributed by atoms with Crippen molar-refractivity contribution in [3.8, 4) is 11.5 Å². The van der Waals surface area contributed by atoms with E-state index >= 15 is 0 Å². The molecular weight excluding hydrogens is 464 g/mol. The highest BCUT2D eigenvalue weighted by atomic mass is 32.1. The van der Waals surface area contributed by atoms with Gasteiger partial charge in [0.2, 0.25) is 0 Å². The largest absolute Gasteiger partial charge is 0.493 e. The molecule has 3 aromatic rings. The maximum absolute atomic E-state index is 13.4. The van der Waals surface area contributed by atoms with Crippen molar-refractivity contribution in [3.05, 3.63) is 69.6 Å². The first kappa shape index (κ1) is 24.6. The Labute approximate surface area is 209 Å². The van der Waals surface area contributed by atoms with Gasteiger partial charge in [-0.25, -0.2) is 4.79 Å². The highest BCUT2D eigenvalue weighted by Gasteiger charge is 2.26. The Bertz CT molecular complexity index is 1200. The zero-order valence-corrected chi connectivity index (χ0v) is 21.1. The molecule has 0 unspecified atom stereocenters. The summed E-state index contributed by atoms with van der Waals surface area (Å²) in [5, 5.41) is 7.33. The molecule has 0 fully saturated rings. The first-order chi connectivity index (χ1) is 17.0. The number of ether oxygens (including phenoxy) is 3. The molecular formula is C27H30N2O5S. The van der Waals surface area contributed by atoms with Gasteiger partial charge in [-0.2, -0.15) is 0 Å². The minimum atomic E-state index is -0.378. The third-order valence-electron chi connectivity index (χ3n) is 5.98. The molecule has 1 aromatic heterocycles. The minimum Gasteiger partial charge on any atom is -0.493 e. The minimum absolute atomic E-state index is 0.159. The Morgan fingerprint density at radius 2 is 1.77 bits per heavy atom. The van der Waals surface area contributed by atoms with E-state index < -0.39 is 0 Å². The summed E-state index contributed by atoms with van der Waals surface area (Å²) in [7, 11) is 3.24. The van der Waals surface area contributed by atoms with Crippen LogP contribution < -0.4 is 20.1 Å². The van der Waals surface area contributed by atoms with Gasteiger partial charge < -0.3 is 24.8 Å². The topological polar surface area (TPSA) is 85.9 Å². The van der Waals surface area contributed by atoms with E-state index in [2.05, 4.69) is 10.6 Å². The van der Waals surface area contributed by atoms with Crippen LogP contribution in [0, 0.1) is 0 Å². The fourth-order valence-corrected chi connectivity index (χ4v) is 5.58. The molecule has 1 aliphatic carbocycles. The average Bonchev–Trinajstić information content (AvgIpc) is 3.26. The summed E-state index contributed by atoms with van der Waals surface area (Å²) >= 11 is 1.65. The number of carbonyl (C=O) groups is 2. The zero-order valence-electron chi connectivity index (χ0n) is 20.2. The standard InChI is InChI=1S/C27H30N2O5S/c1-4-34-27(31)17-12-14-19(15-13-17)29-25(30)23-20-9-5-6-11-22(20)35-26(23)28-16-18-8-7-10-21(32-2)24(18)33-3/h7-8,10,12-15,28H,4-6,9,11,16H2,1-3H3,(H,29,30). The fourth-order valence-electron chi connectivity index (χ4n) is 4.30. The quantitative estimate of drug-likeness (QED) is 0.372. The number of hydrogen-bond acceptors (Lipinski definition) is 7. The molecule has 1 aliphatic rings. The Hall–Kier alpha value is -3.52. The summed E-state index contributed by atoms with van der Waals surface area (Å²) in [6.07, 6.45) is 4.08. The van der Waals surface area contributed by atoms with Gasteiger partial charge >= 0.3 is 5.97 Å². The lowest BCUT2D eigenvalue weighted by Crippen LogP contribution is -2.16. The van der Waals surface area contributed by atoms with E-state index in [0.717, 1.165) is 41.8 Å². The van der Waals surface area contributed by atoms with Crippen LogP contribution in [0.15, 0.2) is 42.5 Å². The first-order valence-corrected chi connectivity index (χ1v) is 12.5. The van der Waals surface area contributed by atoms with Gasteiger partial charge in [-0.3, -0.25) is 4.79 Å². The van der Waals surface area contributed by atoms with Gasteiger partial charge in [0.15, 0.2) is 11.5 Å². The van der Waals surface area contributed by atoms with Crippen molar-refractivity contribution in [1.29, 1.82) is 0 Å². The van der Waals surface area contributed by atoms with Crippen molar-refractivity contribution < 1.29 is 23.8 Å². The molecule has 0 aliphatic heterocycles. The number of aryl methyl sites for hydroxylation is 1. The van der Waals surface area contributed by atoms with Crippen LogP contribution in [0.5, 0.6) is 11.5 Å². The second-order valence-electron chi connectivity index (χ2n) is 8.17. The molecule has 0 radical (unpaired) electrons. The molecule has 2 N–H and O–H groups in total. The van der Waals surface area contributed by atoms with E-state index in [-0.39, 0.29) is 11.9 Å². The summed E-state index contributed by atoms with van der Waals surface area (Å²) in [6.45, 7) is 2.58. The SMILES string of the molecule is CCOC(=O)c1ccc(NC(=O)c2c(NCc3cccc(OC)c3OC)sc3c2CCCC3)cc1. The monoisotopic (exact) mass is 494 g/mol. The van der Waals surface area contributed by atoms with Gasteiger partial charge in [0.05, 0.1) is 32.0 Å². The predicted molar refractivity (Wildman–Crippen MR) is 138 cm³/mol. The Morgan fingerprint density at radius 3 is 2.49 bits per heavy atom. The number of nitrogens with one attached hydrogen (secondary N) is 2. The van der Waals surface area contributed by atoms with Crippen LogP contribution in [0.2, 0.25) is 0 Å². The lowest BCUT2D eigenvalue weighted by molar-refractivity contribution is 0.0526. The van der Waals surface area contributed by atoms with Crippen LogP contribution in [-0.2, 0) is 24.1 Å². The molecule has 7 nitrogen and oxygen atoms in total. The molecule has 184 valence electrons. The highest BCUT2D eigenvalue weighted by molar-refractivity contribution is 7.16. The molecule has 8 heteroatoms. The van der Waals surface area contributed by atoms with Gasteiger partial charge in [-0.15, -0.1) is 11.3 Å². The number of fused-ring (bicyclic) bond motifs is 1. The van der Waals surface area contributed by atoms with Gasteiger partial charge in [0.25, 0.3) is 5.91 Å². The lowest BCUT2D eigenvalue weighted by Gasteiger charge is -2.15. The van der Waals surface area contributed by atoms with Crippen LogP contribution in [0.4, 0.5) is 10.7 Å². The normalized spacial score (nSPS) is 12.4. The van der Waals surface area contributed by atoms with Crippen LogP contribution in [0.3, 0.4) is 0 Å². The van der Waals surface area contributed by atoms with Crippen molar-refractivity contribution in [2.24, 2.45) is 0 Å². The van der Waals surface area contributed by atoms with Crippen molar-refractivity contribution in [1.82, 2.24) is 0 Å². The van der Waals surface area contributed by atoms with Gasteiger partial charge in [-0.05, 0) is 68.5 Å². The molecule has 0 saturated heterocycles. The first-order valence-electron chi connectivity index (χ1n) is 11.7. The summed E-state index contributed by atoms with van der Waals surface area (Å²) in [4.78, 5) is 26.6. The summed E-state index contributed by atoms with van der Waals surface area (Å²) < 4.78 is 16.0. The van der Waals surface area contributed by atoms with E-state index in [1.54, 1.807) is 56.7 Å². The number of esters is 1. The maximum Gasteiger partial charge on any atom is 0.338 e. The van der Waals surface area contributed by atoms with Crippen LogP contribution in [-0.4, -0.2) is 32.7 Å². The third-order valence-corrected chi connectivity index (χ3v) is 7.23. The Morgan fingerprint density at radius 1 is 1.00 bits per heavy atom. The molecule has 0 spiro atoms. The smallest absolute Gasteiger partial charge is 0.338 e. The molecule has 0 saturated carbocycles. The maximum atomic E-state index is 13.4. The molecule has 0 bridgehead atoms. The van der Waals surface area contributed by atoms with Gasteiger partial charge in [0.1, 0.15) is 5.00 Å². The lowest BCUT2D eigenvalue weighted by atomic mass is 9.95. The highest BCUT2D eigenvalue weighted by Crippen LogP contribution is 2.39. The molecule has 35 heavy (non-hydrogen) atoms. The van der Waals surface area contributed by atoms with E-state index in [1.807, 2.05) is 18.2 Å². The van der Waals surface area contributed by atoms with Crippen LogP contribution >= 0.6 is 11.3 Å². The van der Waals surface area contributed by atoms with Crippen LogP contribution in [0.1, 0.15) is 56.5 Å². The number of thiophene rings is 1. The van der Waals surface area contributed by atoms with E-state index in [9.17, 15) is 9.59 Å². The van der Waals surface area contributed by atoms with Crippen molar-refractivity contribution in [2.75, 3.05) is 31.5 Å². The van der Waals surface area contributed by atoms with E-state index in [0.29, 0.717) is 41.5 Å². The second kappa shape index (κ2) is 11.3. The van der Waals surface area contributed by atoms with E-state index in [1.165, 1.54) is 4.88 Å². The molecule has 2 aromatic carbocycles. The molecule has 1 heterocycles. The molecule has 1 amide bonds. The second-order valence-corrected chi connectivity index (χ2v) is 9.28. The Kier molecular flexibility index (Phi) is 7.92. The van der Waals surface area contributed by atoms with Crippen molar-refractivity contribution in [3.63, 3.8) is 0 Å². The van der Waals surface area contributed by atoms with Crippen molar-refractivity contribution in [2.45, 2.75) is 39.2 Å². The predicted octanol–water partition coefficient (Wildman–Crippen LogP) is 5.69. The number of para-hydroxylation sites is 1. The summed E-state index contributed by atoms with van der Waals surface area (Å²) in [6, 6.07) is 12.5. The number of rotatable bonds is 9. The number of amides is 1. The number of hydrogen-bond donors (Lipinski definition) is 2. The summed E-state index contributed by atoms with van der Waals surface area (Å²) in [5.41, 5.74) is 3.84. The third kappa shape index (κ3) is 5.43. The molecule has 4 rings (SSSR count). The average molecular weight is 495 g/mol. The number of anilines is 2. The molecule has 0 atom stereocenters. The Balaban J connectivity index is 1.56. The van der Waals surface area contributed by atoms with Crippen molar-refractivity contribution >= 4 is 33.9 Å². The fraction of sp³-hybridized carbons (Fsp3) is 0.333. The van der Waals surface area contributed by atoms with Gasteiger partial charge in [-0.1, -0.05) is 12.1 Å². The number of carbonyl (C=O) groups excluding carboxylic acids is 2. The summed E-state index contributed by atoms with van der Waals surface area (Å²) in [5.74, 6) is 0.808. The number of benzene rings is 2.